The molecule has 1 aromatic carbocycles. The van der Waals surface area contributed by atoms with Crippen molar-refractivity contribution >= 4 is 22.8 Å². The Labute approximate surface area is 241 Å². The molecule has 0 unspecified atom stereocenters. The highest BCUT2D eigenvalue weighted by Gasteiger charge is 2.24. The standard InChI is InChI=1S/C29H20F3N7O4/c1-33-16-10-20(31)24(34-11-16)14-43-28-21(32)12-35-26(38-28)18-3-2-15(8-19(18)30)9-25-36-22-4-5-23(29(40)41)37-27(22)39(25)13-17-6-7-42-17/h2-5,8,10-12,17H,6-7,9,13-14H2,(H,40,41)/t17-/m0/s1. The van der Waals surface area contributed by atoms with Crippen molar-refractivity contribution in [3.05, 3.63) is 100 Å². The molecule has 1 atom stereocenters. The first kappa shape index (κ1) is 27.7. The molecule has 5 heterocycles. The van der Waals surface area contributed by atoms with Gasteiger partial charge in [-0.1, -0.05) is 6.07 Å². The number of aromatic nitrogens is 6. The lowest BCUT2D eigenvalue weighted by Gasteiger charge is -2.27. The van der Waals surface area contributed by atoms with Crippen LogP contribution < -0.4 is 4.74 Å². The Hall–Kier alpha value is -5.42. The molecule has 0 radical (unpaired) electrons. The number of benzene rings is 1. The number of hydrogen-bond acceptors (Lipinski definition) is 8. The van der Waals surface area contributed by atoms with Crippen LogP contribution in [0.4, 0.5) is 18.9 Å². The van der Waals surface area contributed by atoms with E-state index in [9.17, 15) is 18.7 Å². The fraction of sp³-hybridized carbons (Fsp3) is 0.207. The Morgan fingerprint density at radius 2 is 1.91 bits per heavy atom. The Bertz CT molecular complexity index is 1920. The van der Waals surface area contributed by atoms with Crippen LogP contribution in [-0.4, -0.2) is 53.3 Å². The molecule has 5 aromatic rings. The van der Waals surface area contributed by atoms with Gasteiger partial charge < -0.3 is 19.1 Å². The fourth-order valence-electron chi connectivity index (χ4n) is 4.50. The number of carboxylic acid groups (broad SMARTS) is 1. The average Bonchev–Trinajstić information content (AvgIpc) is 3.31. The molecule has 0 saturated carbocycles. The summed E-state index contributed by atoms with van der Waals surface area (Å²) in [4.78, 5) is 35.1. The Kier molecular flexibility index (Phi) is 7.39. The maximum atomic E-state index is 15.3. The monoisotopic (exact) mass is 587 g/mol. The molecule has 1 aliphatic heterocycles. The smallest absolute Gasteiger partial charge is 0.354 e. The first-order chi connectivity index (χ1) is 20.8. The van der Waals surface area contributed by atoms with E-state index in [1.165, 1.54) is 18.2 Å². The summed E-state index contributed by atoms with van der Waals surface area (Å²) in [5, 5.41) is 9.39. The lowest BCUT2D eigenvalue weighted by Crippen LogP contribution is -2.32. The van der Waals surface area contributed by atoms with Crippen LogP contribution in [-0.2, 0) is 24.3 Å². The summed E-state index contributed by atoms with van der Waals surface area (Å²) in [7, 11) is 0. The van der Waals surface area contributed by atoms with Gasteiger partial charge in [0.2, 0.25) is 11.5 Å². The number of fused-ring (bicyclic) bond motifs is 1. The second kappa shape index (κ2) is 11.5. The number of hydrogen-bond donors (Lipinski definition) is 1. The summed E-state index contributed by atoms with van der Waals surface area (Å²) in [5.41, 5.74) is 1.15. The molecule has 11 nitrogen and oxygen atoms in total. The van der Waals surface area contributed by atoms with E-state index >= 15 is 4.39 Å². The van der Waals surface area contributed by atoms with E-state index in [2.05, 4.69) is 29.8 Å². The van der Waals surface area contributed by atoms with Crippen LogP contribution in [0.15, 0.2) is 48.8 Å². The van der Waals surface area contributed by atoms with E-state index in [1.54, 1.807) is 16.7 Å². The Balaban J connectivity index is 1.25. The number of nitrogens with zero attached hydrogens (tertiary/aromatic N) is 7. The summed E-state index contributed by atoms with van der Waals surface area (Å²) >= 11 is 0. The molecular weight excluding hydrogens is 567 g/mol. The number of carbonyl (C=O) groups is 1. The third kappa shape index (κ3) is 5.70. The highest BCUT2D eigenvalue weighted by Crippen LogP contribution is 2.27. The second-order valence-electron chi connectivity index (χ2n) is 9.62. The van der Waals surface area contributed by atoms with Gasteiger partial charge in [-0.05, 0) is 42.3 Å². The third-order valence-electron chi connectivity index (χ3n) is 6.80. The predicted molar refractivity (Wildman–Crippen MR) is 144 cm³/mol. The molecule has 1 fully saturated rings. The molecule has 1 N–H and O–H groups in total. The van der Waals surface area contributed by atoms with E-state index in [0.717, 1.165) is 24.9 Å². The summed E-state index contributed by atoms with van der Waals surface area (Å²) in [6, 6.07) is 8.30. The maximum absolute atomic E-state index is 15.3. The molecule has 14 heteroatoms. The number of halogens is 3. The quantitative estimate of drug-likeness (QED) is 0.239. The number of carboxylic acids is 1. The number of rotatable bonds is 9. The van der Waals surface area contributed by atoms with E-state index in [0.29, 0.717) is 35.7 Å². The molecule has 1 aliphatic rings. The first-order valence-electron chi connectivity index (χ1n) is 13.0. The van der Waals surface area contributed by atoms with Crippen LogP contribution in [0.1, 0.15) is 34.0 Å². The topological polar surface area (TPSA) is 130 Å². The van der Waals surface area contributed by atoms with Gasteiger partial charge in [-0.25, -0.2) is 33.4 Å². The molecule has 0 amide bonds. The first-order valence-corrected chi connectivity index (χ1v) is 13.0. The van der Waals surface area contributed by atoms with E-state index in [4.69, 9.17) is 16.0 Å². The van der Waals surface area contributed by atoms with Gasteiger partial charge >= 0.3 is 5.97 Å². The molecule has 4 aromatic heterocycles. The molecule has 43 heavy (non-hydrogen) atoms. The minimum absolute atomic E-state index is 0.00398. The zero-order valence-electron chi connectivity index (χ0n) is 22.2. The minimum Gasteiger partial charge on any atom is -0.477 e. The van der Waals surface area contributed by atoms with E-state index < -0.39 is 35.9 Å². The summed E-state index contributed by atoms with van der Waals surface area (Å²) in [5.74, 6) is -3.71. The van der Waals surface area contributed by atoms with Crippen LogP contribution in [0.3, 0.4) is 0 Å². The van der Waals surface area contributed by atoms with Crippen LogP contribution in [0.5, 0.6) is 5.88 Å². The van der Waals surface area contributed by atoms with E-state index in [1.807, 2.05) is 0 Å². The van der Waals surface area contributed by atoms with Crippen molar-refractivity contribution in [2.24, 2.45) is 0 Å². The number of aromatic carboxylic acids is 1. The highest BCUT2D eigenvalue weighted by atomic mass is 19.1. The second-order valence-corrected chi connectivity index (χ2v) is 9.62. The van der Waals surface area contributed by atoms with Gasteiger partial charge in [0.05, 0.1) is 31.0 Å². The van der Waals surface area contributed by atoms with E-state index in [-0.39, 0.29) is 41.0 Å². The SMILES string of the molecule is [C-]#[N+]c1cnc(COc2nc(-c3ccc(Cc4nc5ccc(C(=O)O)nc5n4C[C@@H]4CCO4)cc3F)ncc2F)c(F)c1. The lowest BCUT2D eigenvalue weighted by molar-refractivity contribution is -0.0590. The molecule has 216 valence electrons. The molecular formula is C29H20F3N7O4. The van der Waals surface area contributed by atoms with Crippen molar-refractivity contribution in [3.63, 3.8) is 0 Å². The van der Waals surface area contributed by atoms with Crippen molar-refractivity contribution in [1.29, 1.82) is 0 Å². The molecule has 0 spiro atoms. The number of ether oxygens (including phenoxy) is 2. The van der Waals surface area contributed by atoms with Gasteiger partial charge in [0.25, 0.3) is 5.88 Å². The van der Waals surface area contributed by atoms with Gasteiger partial charge in [0.1, 0.15) is 35.3 Å². The van der Waals surface area contributed by atoms with Gasteiger partial charge in [-0.3, -0.25) is 4.98 Å². The third-order valence-corrected chi connectivity index (χ3v) is 6.80. The van der Waals surface area contributed by atoms with Gasteiger partial charge in [0, 0.05) is 19.2 Å². The fourth-order valence-corrected chi connectivity index (χ4v) is 4.50. The van der Waals surface area contributed by atoms with Gasteiger partial charge in [-0.2, -0.15) is 9.37 Å². The van der Waals surface area contributed by atoms with Crippen molar-refractivity contribution in [3.8, 4) is 17.3 Å². The average molecular weight is 588 g/mol. The van der Waals surface area contributed by atoms with Gasteiger partial charge in [-0.15, -0.1) is 0 Å². The van der Waals surface area contributed by atoms with Crippen molar-refractivity contribution in [2.75, 3.05) is 6.61 Å². The maximum Gasteiger partial charge on any atom is 0.354 e. The van der Waals surface area contributed by atoms with Gasteiger partial charge in [0.15, 0.2) is 17.2 Å². The minimum atomic E-state index is -1.16. The van der Waals surface area contributed by atoms with Crippen molar-refractivity contribution in [2.45, 2.75) is 32.1 Å². The molecule has 6 rings (SSSR count). The summed E-state index contributed by atoms with van der Waals surface area (Å²) < 4.78 is 56.5. The Morgan fingerprint density at radius 1 is 1.07 bits per heavy atom. The molecule has 0 bridgehead atoms. The largest absolute Gasteiger partial charge is 0.477 e. The van der Waals surface area contributed by atoms with Crippen molar-refractivity contribution < 1.29 is 32.5 Å². The van der Waals surface area contributed by atoms with Crippen LogP contribution in [0, 0.1) is 24.0 Å². The van der Waals surface area contributed by atoms with Crippen LogP contribution in [0.2, 0.25) is 0 Å². The predicted octanol–water partition coefficient (Wildman–Crippen LogP) is 4.91. The number of pyridine rings is 2. The Morgan fingerprint density at radius 3 is 2.60 bits per heavy atom. The zero-order valence-corrected chi connectivity index (χ0v) is 22.2. The molecule has 1 saturated heterocycles. The number of imidazole rings is 1. The van der Waals surface area contributed by atoms with Crippen LogP contribution >= 0.6 is 0 Å². The normalized spacial score (nSPS) is 14.3. The molecule has 0 aliphatic carbocycles. The van der Waals surface area contributed by atoms with Crippen LogP contribution in [0.25, 0.3) is 27.4 Å². The zero-order chi connectivity index (χ0) is 30.1. The lowest BCUT2D eigenvalue weighted by atomic mass is 10.1. The summed E-state index contributed by atoms with van der Waals surface area (Å²) in [6.45, 7) is 7.49. The summed E-state index contributed by atoms with van der Waals surface area (Å²) in [6.07, 6.45) is 2.95. The van der Waals surface area contributed by atoms with Crippen molar-refractivity contribution in [1.82, 2.24) is 29.5 Å². The highest BCUT2D eigenvalue weighted by molar-refractivity contribution is 5.88.